The molecule has 1 amide bonds. The standard InChI is InChI=1S/C20H20ClN3O3/c21-15-5-3-4-14(12-15)17-13-22-9-11-23(17)19(25)8-10-24-16-6-1-2-7-18(16)27-20(24)26/h1-7,12,17,22H,8-11,13H2. The van der Waals surface area contributed by atoms with E-state index in [9.17, 15) is 9.59 Å². The maximum Gasteiger partial charge on any atom is 0.419 e. The number of aryl methyl sites for hydroxylation is 1. The first kappa shape index (κ1) is 17.8. The lowest BCUT2D eigenvalue weighted by molar-refractivity contribution is -0.134. The predicted octanol–water partition coefficient (Wildman–Crippen LogP) is 2.81. The van der Waals surface area contributed by atoms with Crippen molar-refractivity contribution in [2.45, 2.75) is 19.0 Å². The number of aromatic nitrogens is 1. The summed E-state index contributed by atoms with van der Waals surface area (Å²) < 4.78 is 6.76. The quantitative estimate of drug-likeness (QED) is 0.750. The van der Waals surface area contributed by atoms with Crippen LogP contribution in [0.2, 0.25) is 5.02 Å². The largest absolute Gasteiger partial charge is 0.419 e. The van der Waals surface area contributed by atoms with E-state index in [4.69, 9.17) is 16.0 Å². The Kier molecular flexibility index (Phi) is 5.01. The molecule has 0 aliphatic carbocycles. The third kappa shape index (κ3) is 3.63. The smallest absolute Gasteiger partial charge is 0.408 e. The molecule has 1 saturated heterocycles. The molecule has 2 aromatic carbocycles. The lowest BCUT2D eigenvalue weighted by atomic mass is 10.0. The van der Waals surface area contributed by atoms with Crippen molar-refractivity contribution in [3.05, 3.63) is 69.7 Å². The van der Waals surface area contributed by atoms with E-state index in [0.29, 0.717) is 35.8 Å². The molecule has 1 aliphatic heterocycles. The Morgan fingerprint density at radius 2 is 2.07 bits per heavy atom. The first-order valence-corrected chi connectivity index (χ1v) is 9.35. The van der Waals surface area contributed by atoms with Crippen LogP contribution in [0.5, 0.6) is 0 Å². The fourth-order valence-corrected chi connectivity index (χ4v) is 3.79. The van der Waals surface area contributed by atoms with E-state index in [2.05, 4.69) is 5.32 Å². The van der Waals surface area contributed by atoms with Gasteiger partial charge in [-0.1, -0.05) is 35.9 Å². The molecule has 1 aromatic heterocycles. The summed E-state index contributed by atoms with van der Waals surface area (Å²) in [5, 5.41) is 3.99. The van der Waals surface area contributed by atoms with E-state index in [-0.39, 0.29) is 18.4 Å². The lowest BCUT2D eigenvalue weighted by Crippen LogP contribution is -2.48. The van der Waals surface area contributed by atoms with Crippen molar-refractivity contribution in [1.29, 1.82) is 0 Å². The average Bonchev–Trinajstić information content (AvgIpc) is 3.01. The van der Waals surface area contributed by atoms with Crippen LogP contribution < -0.4 is 11.1 Å². The number of amides is 1. The van der Waals surface area contributed by atoms with Gasteiger partial charge in [0.1, 0.15) is 0 Å². The van der Waals surface area contributed by atoms with Crippen molar-refractivity contribution < 1.29 is 9.21 Å². The van der Waals surface area contributed by atoms with E-state index >= 15 is 0 Å². The van der Waals surface area contributed by atoms with Gasteiger partial charge in [0.05, 0.1) is 11.6 Å². The highest BCUT2D eigenvalue weighted by Gasteiger charge is 2.28. The number of nitrogens with one attached hydrogen (secondary N) is 1. The van der Waals surface area contributed by atoms with Crippen LogP contribution in [0, 0.1) is 0 Å². The number of hydrogen-bond acceptors (Lipinski definition) is 4. The third-order valence-electron chi connectivity index (χ3n) is 4.92. The van der Waals surface area contributed by atoms with Crippen LogP contribution in [-0.2, 0) is 11.3 Å². The highest BCUT2D eigenvalue weighted by atomic mass is 35.5. The van der Waals surface area contributed by atoms with Gasteiger partial charge >= 0.3 is 5.76 Å². The molecule has 140 valence electrons. The summed E-state index contributed by atoms with van der Waals surface area (Å²) in [5.41, 5.74) is 2.25. The number of carbonyl (C=O) groups excluding carboxylic acids is 1. The molecule has 0 bridgehead atoms. The zero-order valence-electron chi connectivity index (χ0n) is 14.7. The minimum absolute atomic E-state index is 0.0126. The van der Waals surface area contributed by atoms with E-state index in [1.165, 1.54) is 4.57 Å². The normalized spacial score (nSPS) is 17.4. The molecular formula is C20H20ClN3O3. The second kappa shape index (κ2) is 7.58. The van der Waals surface area contributed by atoms with Crippen molar-refractivity contribution in [2.75, 3.05) is 19.6 Å². The van der Waals surface area contributed by atoms with E-state index in [1.807, 2.05) is 47.4 Å². The highest BCUT2D eigenvalue weighted by Crippen LogP contribution is 2.25. The summed E-state index contributed by atoms with van der Waals surface area (Å²) in [7, 11) is 0. The van der Waals surface area contributed by atoms with Gasteiger partial charge in [-0.2, -0.15) is 0 Å². The molecule has 0 radical (unpaired) electrons. The number of hydrogen-bond donors (Lipinski definition) is 1. The minimum atomic E-state index is -0.435. The van der Waals surface area contributed by atoms with Crippen molar-refractivity contribution in [3.63, 3.8) is 0 Å². The minimum Gasteiger partial charge on any atom is -0.408 e. The number of carbonyl (C=O) groups is 1. The molecule has 1 fully saturated rings. The van der Waals surface area contributed by atoms with Gasteiger partial charge in [-0.25, -0.2) is 4.79 Å². The molecule has 27 heavy (non-hydrogen) atoms. The monoisotopic (exact) mass is 385 g/mol. The van der Waals surface area contributed by atoms with E-state index < -0.39 is 5.76 Å². The molecule has 6 nitrogen and oxygen atoms in total. The van der Waals surface area contributed by atoms with Gasteiger partial charge in [0, 0.05) is 37.6 Å². The van der Waals surface area contributed by atoms with Crippen molar-refractivity contribution >= 4 is 28.6 Å². The van der Waals surface area contributed by atoms with Crippen molar-refractivity contribution in [2.24, 2.45) is 0 Å². The Hall–Kier alpha value is -2.57. The Bertz CT molecular complexity index is 1030. The van der Waals surface area contributed by atoms with Crippen LogP contribution >= 0.6 is 11.6 Å². The Morgan fingerprint density at radius 3 is 2.93 bits per heavy atom. The highest BCUT2D eigenvalue weighted by molar-refractivity contribution is 6.30. The number of rotatable bonds is 4. The van der Waals surface area contributed by atoms with Gasteiger partial charge in [0.15, 0.2) is 5.58 Å². The van der Waals surface area contributed by atoms with Crippen molar-refractivity contribution in [1.82, 2.24) is 14.8 Å². The van der Waals surface area contributed by atoms with Crippen LogP contribution in [0.15, 0.2) is 57.7 Å². The molecule has 4 rings (SSSR count). The van der Waals surface area contributed by atoms with Crippen LogP contribution in [0.25, 0.3) is 11.1 Å². The molecule has 7 heteroatoms. The SMILES string of the molecule is O=C(CCn1c(=O)oc2ccccc21)N1CCNCC1c1cccc(Cl)c1. The van der Waals surface area contributed by atoms with Gasteiger partial charge in [-0.15, -0.1) is 0 Å². The number of para-hydroxylation sites is 2. The number of halogens is 1. The number of fused-ring (bicyclic) bond motifs is 1. The number of nitrogens with zero attached hydrogens (tertiary/aromatic N) is 2. The fourth-order valence-electron chi connectivity index (χ4n) is 3.59. The van der Waals surface area contributed by atoms with Crippen LogP contribution in [-0.4, -0.2) is 35.0 Å². The topological polar surface area (TPSA) is 67.5 Å². The molecule has 1 N–H and O–H groups in total. The summed E-state index contributed by atoms with van der Waals surface area (Å²) in [6, 6.07) is 14.8. The second-order valence-corrected chi connectivity index (χ2v) is 7.04. The molecule has 1 unspecified atom stereocenters. The van der Waals surface area contributed by atoms with Gasteiger partial charge in [-0.05, 0) is 29.8 Å². The van der Waals surface area contributed by atoms with E-state index in [0.717, 1.165) is 12.1 Å². The lowest BCUT2D eigenvalue weighted by Gasteiger charge is -2.36. The van der Waals surface area contributed by atoms with Crippen LogP contribution in [0.1, 0.15) is 18.0 Å². The molecule has 0 saturated carbocycles. The summed E-state index contributed by atoms with van der Waals surface area (Å²) in [6.07, 6.45) is 0.237. The zero-order valence-corrected chi connectivity index (χ0v) is 15.5. The summed E-state index contributed by atoms with van der Waals surface area (Å²) >= 11 is 6.12. The van der Waals surface area contributed by atoms with E-state index in [1.54, 1.807) is 6.07 Å². The number of piperazine rings is 1. The first-order chi connectivity index (χ1) is 13.1. The fraction of sp³-hybridized carbons (Fsp3) is 0.300. The summed E-state index contributed by atoms with van der Waals surface area (Å²) in [4.78, 5) is 26.9. The molecule has 3 aromatic rings. The van der Waals surface area contributed by atoms with Gasteiger partial charge < -0.3 is 14.6 Å². The Morgan fingerprint density at radius 1 is 1.22 bits per heavy atom. The maximum absolute atomic E-state index is 12.9. The van der Waals surface area contributed by atoms with Crippen molar-refractivity contribution in [3.8, 4) is 0 Å². The number of benzene rings is 2. The first-order valence-electron chi connectivity index (χ1n) is 8.97. The van der Waals surface area contributed by atoms with Crippen LogP contribution in [0.3, 0.4) is 0 Å². The predicted molar refractivity (Wildman–Crippen MR) is 104 cm³/mol. The maximum atomic E-state index is 12.9. The number of oxazole rings is 1. The van der Waals surface area contributed by atoms with Gasteiger partial charge in [0.2, 0.25) is 5.91 Å². The molecule has 1 atom stereocenters. The van der Waals surface area contributed by atoms with Gasteiger partial charge in [-0.3, -0.25) is 9.36 Å². The second-order valence-electron chi connectivity index (χ2n) is 6.60. The average molecular weight is 386 g/mol. The van der Waals surface area contributed by atoms with Gasteiger partial charge in [0.25, 0.3) is 0 Å². The summed E-state index contributed by atoms with van der Waals surface area (Å²) in [6.45, 7) is 2.34. The zero-order chi connectivity index (χ0) is 18.8. The Labute approximate surface area is 161 Å². The Balaban J connectivity index is 1.52. The molecule has 1 aliphatic rings. The summed E-state index contributed by atoms with van der Waals surface area (Å²) in [5.74, 6) is -0.422. The van der Waals surface area contributed by atoms with Crippen LogP contribution in [0.4, 0.5) is 0 Å². The third-order valence-corrected chi connectivity index (χ3v) is 5.16. The molecule has 2 heterocycles. The molecule has 0 spiro atoms. The molecular weight excluding hydrogens is 366 g/mol.